The Hall–Kier alpha value is -3.14. The molecule has 1 heterocycles. The van der Waals surface area contributed by atoms with Crippen molar-refractivity contribution in [1.29, 1.82) is 0 Å². The summed E-state index contributed by atoms with van der Waals surface area (Å²) < 4.78 is 5.82. The van der Waals surface area contributed by atoms with Crippen LogP contribution in [0.4, 0.5) is 0 Å². The lowest BCUT2D eigenvalue weighted by molar-refractivity contribution is 0.102. The zero-order valence-electron chi connectivity index (χ0n) is 14.4. The molecular weight excluding hydrogens is 324 g/mol. The van der Waals surface area contributed by atoms with Gasteiger partial charge in [0.15, 0.2) is 5.78 Å². The van der Waals surface area contributed by atoms with Crippen molar-refractivity contribution in [3.63, 3.8) is 0 Å². The molecule has 0 bridgehead atoms. The molecule has 0 spiro atoms. The summed E-state index contributed by atoms with van der Waals surface area (Å²) in [5.74, 6) is 1.84. The van der Waals surface area contributed by atoms with Crippen molar-refractivity contribution in [2.24, 2.45) is 0 Å². The van der Waals surface area contributed by atoms with E-state index < -0.39 is 0 Å². The first-order valence-corrected chi connectivity index (χ1v) is 8.84. The molecule has 4 rings (SSSR count). The summed E-state index contributed by atoms with van der Waals surface area (Å²) in [6.07, 6.45) is 7.89. The van der Waals surface area contributed by atoms with Gasteiger partial charge in [-0.15, -0.1) is 0 Å². The fourth-order valence-electron chi connectivity index (χ4n) is 3.23. The second-order valence-electron chi connectivity index (χ2n) is 6.36. The summed E-state index contributed by atoms with van der Waals surface area (Å²) in [5.41, 5.74) is 3.79. The first-order valence-electron chi connectivity index (χ1n) is 8.84. The Morgan fingerprint density at radius 2 is 2.00 bits per heavy atom. The molecule has 1 aromatic heterocycles. The molecule has 0 radical (unpaired) electrons. The number of hydrogen-bond donors (Lipinski definition) is 1. The normalized spacial score (nSPS) is 15.1. The van der Waals surface area contributed by atoms with E-state index in [1.807, 2.05) is 54.6 Å². The number of carbonyl (C=O) groups is 1. The average molecular weight is 344 g/mol. The average Bonchev–Trinajstić information content (AvgIpc) is 3.18. The quantitative estimate of drug-likeness (QED) is 0.704. The summed E-state index contributed by atoms with van der Waals surface area (Å²) in [4.78, 5) is 20.0. The van der Waals surface area contributed by atoms with Crippen LogP contribution in [0.15, 0.2) is 66.5 Å². The molecule has 1 aliphatic rings. The van der Waals surface area contributed by atoms with Crippen LogP contribution in [-0.4, -0.2) is 22.4 Å². The van der Waals surface area contributed by atoms with E-state index in [0.717, 1.165) is 53.1 Å². The van der Waals surface area contributed by atoms with Crippen LogP contribution in [0.5, 0.6) is 5.75 Å². The number of aryl methyl sites for hydroxylation is 1. The highest BCUT2D eigenvalue weighted by atomic mass is 16.5. The van der Waals surface area contributed by atoms with Crippen LogP contribution in [0.2, 0.25) is 0 Å². The van der Waals surface area contributed by atoms with Gasteiger partial charge >= 0.3 is 0 Å². The van der Waals surface area contributed by atoms with E-state index in [0.29, 0.717) is 6.61 Å². The standard InChI is InChI=1S/C22H20N2O2/c25-22-18(14-16-4-2-1-3-5-16)7-6-17-15-19(8-9-20(17)22)26-13-10-21-23-11-12-24-21/h1-5,8-9,11-12,14-15H,6-7,10,13H2,(H,23,24). The molecular formula is C22H20N2O2. The minimum Gasteiger partial charge on any atom is -0.493 e. The van der Waals surface area contributed by atoms with Crippen LogP contribution in [0, 0.1) is 0 Å². The minimum atomic E-state index is 0.122. The number of benzene rings is 2. The number of aromatic nitrogens is 2. The van der Waals surface area contributed by atoms with E-state index in [-0.39, 0.29) is 5.78 Å². The zero-order chi connectivity index (χ0) is 17.8. The number of ether oxygens (including phenoxy) is 1. The van der Waals surface area contributed by atoms with Crippen LogP contribution in [0.1, 0.15) is 33.7 Å². The van der Waals surface area contributed by atoms with Crippen LogP contribution < -0.4 is 4.74 Å². The van der Waals surface area contributed by atoms with Gasteiger partial charge in [-0.1, -0.05) is 30.3 Å². The summed E-state index contributed by atoms with van der Waals surface area (Å²) in [5, 5.41) is 0. The van der Waals surface area contributed by atoms with Crippen molar-refractivity contribution in [3.8, 4) is 5.75 Å². The summed E-state index contributed by atoms with van der Waals surface area (Å²) in [6, 6.07) is 15.8. The Bertz CT molecular complexity index is 928. The Morgan fingerprint density at radius 3 is 2.81 bits per heavy atom. The monoisotopic (exact) mass is 344 g/mol. The van der Waals surface area contributed by atoms with Gasteiger partial charge in [0.2, 0.25) is 0 Å². The number of hydrogen-bond acceptors (Lipinski definition) is 3. The van der Waals surface area contributed by atoms with E-state index in [1.165, 1.54) is 0 Å². The zero-order valence-corrected chi connectivity index (χ0v) is 14.4. The molecule has 4 heteroatoms. The van der Waals surface area contributed by atoms with Gasteiger partial charge in [-0.25, -0.2) is 4.98 Å². The molecule has 0 atom stereocenters. The predicted molar refractivity (Wildman–Crippen MR) is 101 cm³/mol. The highest BCUT2D eigenvalue weighted by Crippen LogP contribution is 2.29. The van der Waals surface area contributed by atoms with Crippen LogP contribution in [-0.2, 0) is 12.8 Å². The Balaban J connectivity index is 1.46. The smallest absolute Gasteiger partial charge is 0.189 e. The van der Waals surface area contributed by atoms with Crippen molar-refractivity contribution < 1.29 is 9.53 Å². The third-order valence-electron chi connectivity index (χ3n) is 4.58. The number of imidazole rings is 1. The van der Waals surface area contributed by atoms with Gasteiger partial charge < -0.3 is 9.72 Å². The first-order chi connectivity index (χ1) is 12.8. The molecule has 0 unspecified atom stereocenters. The molecule has 0 fully saturated rings. The van der Waals surface area contributed by atoms with Gasteiger partial charge in [-0.3, -0.25) is 4.79 Å². The number of nitrogens with one attached hydrogen (secondary N) is 1. The van der Waals surface area contributed by atoms with E-state index in [9.17, 15) is 4.79 Å². The molecule has 3 aromatic rings. The van der Waals surface area contributed by atoms with Gasteiger partial charge in [0.25, 0.3) is 0 Å². The van der Waals surface area contributed by atoms with Gasteiger partial charge in [-0.05, 0) is 48.2 Å². The lowest BCUT2D eigenvalue weighted by atomic mass is 9.86. The molecule has 0 aliphatic heterocycles. The predicted octanol–water partition coefficient (Wildman–Crippen LogP) is 4.24. The Kier molecular flexibility index (Phi) is 4.65. The maximum Gasteiger partial charge on any atom is 0.189 e. The van der Waals surface area contributed by atoms with E-state index in [2.05, 4.69) is 9.97 Å². The fourth-order valence-corrected chi connectivity index (χ4v) is 3.23. The molecule has 2 aromatic carbocycles. The van der Waals surface area contributed by atoms with Crippen LogP contribution in [0.3, 0.4) is 0 Å². The van der Waals surface area contributed by atoms with Crippen molar-refractivity contribution in [3.05, 3.63) is 89.0 Å². The van der Waals surface area contributed by atoms with Crippen molar-refractivity contribution >= 4 is 11.9 Å². The molecule has 130 valence electrons. The van der Waals surface area contributed by atoms with Crippen molar-refractivity contribution in [2.45, 2.75) is 19.3 Å². The summed E-state index contributed by atoms with van der Waals surface area (Å²) in [7, 11) is 0. The highest BCUT2D eigenvalue weighted by Gasteiger charge is 2.22. The van der Waals surface area contributed by atoms with Gasteiger partial charge in [0.1, 0.15) is 11.6 Å². The minimum absolute atomic E-state index is 0.122. The maximum absolute atomic E-state index is 12.8. The van der Waals surface area contributed by atoms with Crippen molar-refractivity contribution in [2.75, 3.05) is 6.61 Å². The molecule has 1 N–H and O–H groups in total. The number of Topliss-reactive ketones (excluding diaryl/α,β-unsaturated/α-hetero) is 1. The Morgan fingerprint density at radius 1 is 1.12 bits per heavy atom. The number of ketones is 1. The summed E-state index contributed by atoms with van der Waals surface area (Å²) >= 11 is 0. The molecule has 1 aliphatic carbocycles. The molecule has 0 amide bonds. The van der Waals surface area contributed by atoms with Crippen LogP contribution in [0.25, 0.3) is 6.08 Å². The molecule has 0 saturated carbocycles. The number of fused-ring (bicyclic) bond motifs is 1. The highest BCUT2D eigenvalue weighted by molar-refractivity contribution is 6.13. The molecule has 4 nitrogen and oxygen atoms in total. The first kappa shape index (κ1) is 16.3. The van der Waals surface area contributed by atoms with Gasteiger partial charge in [0, 0.05) is 30.0 Å². The molecule has 26 heavy (non-hydrogen) atoms. The van der Waals surface area contributed by atoms with Gasteiger partial charge in [-0.2, -0.15) is 0 Å². The number of carbonyl (C=O) groups excluding carboxylic acids is 1. The lowest BCUT2D eigenvalue weighted by Crippen LogP contribution is -2.14. The van der Waals surface area contributed by atoms with E-state index >= 15 is 0 Å². The lowest BCUT2D eigenvalue weighted by Gasteiger charge is -2.18. The largest absolute Gasteiger partial charge is 0.493 e. The number of rotatable bonds is 5. The number of allylic oxidation sites excluding steroid dienone is 1. The maximum atomic E-state index is 12.8. The number of H-pyrrole nitrogens is 1. The fraction of sp³-hybridized carbons (Fsp3) is 0.182. The molecule has 0 saturated heterocycles. The number of nitrogens with zero attached hydrogens (tertiary/aromatic N) is 1. The van der Waals surface area contributed by atoms with Crippen molar-refractivity contribution in [1.82, 2.24) is 9.97 Å². The van der Waals surface area contributed by atoms with E-state index in [4.69, 9.17) is 4.74 Å². The summed E-state index contributed by atoms with van der Waals surface area (Å²) in [6.45, 7) is 0.555. The third kappa shape index (κ3) is 3.59. The number of aromatic amines is 1. The van der Waals surface area contributed by atoms with E-state index in [1.54, 1.807) is 12.4 Å². The second-order valence-corrected chi connectivity index (χ2v) is 6.36. The van der Waals surface area contributed by atoms with Gasteiger partial charge in [0.05, 0.1) is 6.61 Å². The van der Waals surface area contributed by atoms with Crippen LogP contribution >= 0.6 is 0 Å². The topological polar surface area (TPSA) is 55.0 Å². The Labute approximate surface area is 152 Å². The second kappa shape index (κ2) is 7.40. The SMILES string of the molecule is O=C1C(=Cc2ccccc2)CCc2cc(OCCc3ncc[nH]3)ccc21. The third-order valence-corrected chi connectivity index (χ3v) is 4.58.